The third-order valence-corrected chi connectivity index (χ3v) is 3.93. The number of amides is 1. The van der Waals surface area contributed by atoms with Crippen LogP contribution in [0.3, 0.4) is 0 Å². The number of hydrogen-bond acceptors (Lipinski definition) is 3. The van der Waals surface area contributed by atoms with E-state index >= 15 is 0 Å². The van der Waals surface area contributed by atoms with Gasteiger partial charge in [-0.1, -0.05) is 11.6 Å². The van der Waals surface area contributed by atoms with E-state index in [-0.39, 0.29) is 12.5 Å². The summed E-state index contributed by atoms with van der Waals surface area (Å²) < 4.78 is 5.37. The average molecular weight is 296 g/mol. The normalized spacial score (nSPS) is 10.3. The maximum absolute atomic E-state index is 11.7. The van der Waals surface area contributed by atoms with Crippen molar-refractivity contribution in [3.05, 3.63) is 45.8 Å². The van der Waals surface area contributed by atoms with Crippen molar-refractivity contribution in [2.24, 2.45) is 0 Å². The number of carbonyl (C=O) groups is 1. The van der Waals surface area contributed by atoms with E-state index in [1.807, 2.05) is 19.9 Å². The first-order valence-corrected chi connectivity index (χ1v) is 6.99. The van der Waals surface area contributed by atoms with Crippen LogP contribution >= 0.6 is 22.9 Å². The summed E-state index contributed by atoms with van der Waals surface area (Å²) in [5.74, 6) is 0.453. The Morgan fingerprint density at radius 1 is 1.32 bits per heavy atom. The monoisotopic (exact) mass is 295 g/mol. The first kappa shape index (κ1) is 13.9. The van der Waals surface area contributed by atoms with E-state index in [0.717, 1.165) is 5.00 Å². The predicted octanol–water partition coefficient (Wildman–Crippen LogP) is 4.04. The number of ether oxygens (including phenoxy) is 1. The lowest BCUT2D eigenvalue weighted by molar-refractivity contribution is -0.118. The summed E-state index contributed by atoms with van der Waals surface area (Å²) in [6.45, 7) is 4.03. The Morgan fingerprint density at radius 3 is 2.58 bits per heavy atom. The van der Waals surface area contributed by atoms with Crippen LogP contribution in [0.15, 0.2) is 30.3 Å². The molecule has 2 rings (SSSR count). The van der Waals surface area contributed by atoms with E-state index in [1.54, 1.807) is 35.6 Å². The lowest BCUT2D eigenvalue weighted by Crippen LogP contribution is -2.19. The number of anilines is 1. The summed E-state index contributed by atoms with van der Waals surface area (Å²) in [5, 5.41) is 4.30. The lowest BCUT2D eigenvalue weighted by atomic mass is 10.3. The van der Waals surface area contributed by atoms with Gasteiger partial charge in [-0.3, -0.25) is 4.79 Å². The van der Waals surface area contributed by atoms with E-state index < -0.39 is 0 Å². The number of nitrogens with one attached hydrogen (secondary N) is 1. The summed E-state index contributed by atoms with van der Waals surface area (Å²) >= 11 is 7.33. The minimum atomic E-state index is -0.170. The van der Waals surface area contributed by atoms with Gasteiger partial charge in [0, 0.05) is 9.90 Å². The summed E-state index contributed by atoms with van der Waals surface area (Å²) in [7, 11) is 0. The molecule has 0 unspecified atom stereocenters. The molecule has 1 heterocycles. The van der Waals surface area contributed by atoms with E-state index in [2.05, 4.69) is 5.32 Å². The van der Waals surface area contributed by atoms with Gasteiger partial charge in [0.1, 0.15) is 5.75 Å². The molecular formula is C14H14ClNO2S. The molecule has 0 radical (unpaired) electrons. The molecule has 0 aliphatic carbocycles. The Balaban J connectivity index is 1.86. The van der Waals surface area contributed by atoms with Crippen LogP contribution in [0.5, 0.6) is 5.75 Å². The first-order valence-electron chi connectivity index (χ1n) is 5.80. The predicted molar refractivity (Wildman–Crippen MR) is 79.4 cm³/mol. The number of carbonyl (C=O) groups excluding carboxylic acids is 1. The highest BCUT2D eigenvalue weighted by molar-refractivity contribution is 7.16. The summed E-state index contributed by atoms with van der Waals surface area (Å²) in [6, 6.07) is 8.87. The summed E-state index contributed by atoms with van der Waals surface area (Å²) in [5.41, 5.74) is 1.18. The largest absolute Gasteiger partial charge is 0.484 e. The molecule has 0 aliphatic rings. The van der Waals surface area contributed by atoms with Crippen LogP contribution in [-0.4, -0.2) is 12.5 Å². The molecule has 3 nitrogen and oxygen atoms in total. The van der Waals surface area contributed by atoms with Crippen molar-refractivity contribution in [1.82, 2.24) is 0 Å². The Labute approximate surface area is 121 Å². The number of hydrogen-bond donors (Lipinski definition) is 1. The smallest absolute Gasteiger partial charge is 0.262 e. The van der Waals surface area contributed by atoms with Gasteiger partial charge in [-0.2, -0.15) is 0 Å². The molecule has 1 amide bonds. The van der Waals surface area contributed by atoms with Crippen LogP contribution < -0.4 is 10.1 Å². The molecule has 0 saturated heterocycles. The van der Waals surface area contributed by atoms with Gasteiger partial charge < -0.3 is 10.1 Å². The lowest BCUT2D eigenvalue weighted by Gasteiger charge is -2.06. The van der Waals surface area contributed by atoms with Gasteiger partial charge in [-0.25, -0.2) is 0 Å². The van der Waals surface area contributed by atoms with Gasteiger partial charge in [0.15, 0.2) is 6.61 Å². The fraction of sp³-hybridized carbons (Fsp3) is 0.214. The molecule has 0 spiro atoms. The third kappa shape index (κ3) is 3.98. The molecule has 0 aliphatic heterocycles. The molecule has 1 aromatic carbocycles. The minimum absolute atomic E-state index is 0.0162. The Morgan fingerprint density at radius 2 is 2.00 bits per heavy atom. The fourth-order valence-electron chi connectivity index (χ4n) is 1.49. The van der Waals surface area contributed by atoms with Gasteiger partial charge in [0.2, 0.25) is 0 Å². The quantitative estimate of drug-likeness (QED) is 0.924. The highest BCUT2D eigenvalue weighted by Crippen LogP contribution is 2.25. The van der Waals surface area contributed by atoms with E-state index in [1.165, 1.54) is 10.4 Å². The zero-order valence-corrected chi connectivity index (χ0v) is 12.3. The summed E-state index contributed by atoms with van der Waals surface area (Å²) in [6.07, 6.45) is 0. The molecule has 19 heavy (non-hydrogen) atoms. The van der Waals surface area contributed by atoms with Crippen LogP contribution in [0.25, 0.3) is 0 Å². The van der Waals surface area contributed by atoms with Crippen molar-refractivity contribution >= 4 is 33.8 Å². The fourth-order valence-corrected chi connectivity index (χ4v) is 2.56. The van der Waals surface area contributed by atoms with Crippen molar-refractivity contribution < 1.29 is 9.53 Å². The number of thiophene rings is 1. The Kier molecular flexibility index (Phi) is 4.45. The van der Waals surface area contributed by atoms with Crippen molar-refractivity contribution in [2.45, 2.75) is 13.8 Å². The van der Waals surface area contributed by atoms with Crippen LogP contribution in [0, 0.1) is 13.8 Å². The maximum Gasteiger partial charge on any atom is 0.262 e. The van der Waals surface area contributed by atoms with Gasteiger partial charge in [-0.05, 0) is 49.7 Å². The topological polar surface area (TPSA) is 38.3 Å². The molecule has 1 aromatic heterocycles. The second-order valence-electron chi connectivity index (χ2n) is 4.14. The van der Waals surface area contributed by atoms with Crippen molar-refractivity contribution in [2.75, 3.05) is 11.9 Å². The zero-order valence-electron chi connectivity index (χ0n) is 10.7. The van der Waals surface area contributed by atoms with Gasteiger partial charge in [-0.15, -0.1) is 11.3 Å². The second-order valence-corrected chi connectivity index (χ2v) is 5.83. The zero-order chi connectivity index (χ0) is 13.8. The van der Waals surface area contributed by atoms with Gasteiger partial charge in [0.25, 0.3) is 5.91 Å². The molecule has 5 heteroatoms. The second kappa shape index (κ2) is 6.08. The first-order chi connectivity index (χ1) is 9.04. The van der Waals surface area contributed by atoms with Crippen molar-refractivity contribution in [1.29, 1.82) is 0 Å². The molecular weight excluding hydrogens is 282 g/mol. The van der Waals surface area contributed by atoms with Crippen LogP contribution in [0.2, 0.25) is 5.02 Å². The Bertz CT molecular complexity index is 558. The van der Waals surface area contributed by atoms with E-state index in [4.69, 9.17) is 16.3 Å². The van der Waals surface area contributed by atoms with Crippen LogP contribution in [0.1, 0.15) is 10.4 Å². The minimum Gasteiger partial charge on any atom is -0.484 e. The van der Waals surface area contributed by atoms with Crippen LogP contribution in [-0.2, 0) is 4.79 Å². The number of halogens is 1. The number of aryl methyl sites for hydroxylation is 2. The number of benzene rings is 1. The molecule has 0 saturated carbocycles. The highest BCUT2D eigenvalue weighted by atomic mass is 35.5. The van der Waals surface area contributed by atoms with E-state index in [0.29, 0.717) is 10.8 Å². The molecule has 0 bridgehead atoms. The number of rotatable bonds is 4. The van der Waals surface area contributed by atoms with Gasteiger partial charge in [0.05, 0.1) is 5.00 Å². The van der Waals surface area contributed by atoms with E-state index in [9.17, 15) is 4.79 Å². The molecule has 1 N–H and O–H groups in total. The van der Waals surface area contributed by atoms with Crippen molar-refractivity contribution in [3.63, 3.8) is 0 Å². The maximum atomic E-state index is 11.7. The van der Waals surface area contributed by atoms with Gasteiger partial charge >= 0.3 is 0 Å². The molecule has 100 valence electrons. The SMILES string of the molecule is Cc1cc(NC(=O)COc2ccc(Cl)cc2)sc1C. The standard InChI is InChI=1S/C14H14ClNO2S/c1-9-7-14(19-10(9)2)16-13(17)8-18-12-5-3-11(15)4-6-12/h3-7H,8H2,1-2H3,(H,16,17). The molecule has 2 aromatic rings. The van der Waals surface area contributed by atoms with Crippen molar-refractivity contribution in [3.8, 4) is 5.75 Å². The third-order valence-electron chi connectivity index (χ3n) is 2.61. The Hall–Kier alpha value is -1.52. The molecule has 0 fully saturated rings. The average Bonchev–Trinajstić information content (AvgIpc) is 2.67. The van der Waals surface area contributed by atoms with Crippen LogP contribution in [0.4, 0.5) is 5.00 Å². The highest BCUT2D eigenvalue weighted by Gasteiger charge is 2.07. The summed E-state index contributed by atoms with van der Waals surface area (Å²) in [4.78, 5) is 12.9. The molecule has 0 atom stereocenters.